The Morgan fingerprint density at radius 2 is 1.90 bits per heavy atom. The molecule has 0 saturated carbocycles. The summed E-state index contributed by atoms with van der Waals surface area (Å²) in [5.41, 5.74) is 6.75. The van der Waals surface area contributed by atoms with E-state index in [1.807, 2.05) is 35.2 Å². The van der Waals surface area contributed by atoms with Crippen LogP contribution in [0.3, 0.4) is 0 Å². The Morgan fingerprint density at radius 1 is 1.20 bits per heavy atom. The Kier molecular flexibility index (Phi) is 4.83. The summed E-state index contributed by atoms with van der Waals surface area (Å²) in [5, 5.41) is 0. The predicted octanol–water partition coefficient (Wildman–Crippen LogP) is 3.27. The summed E-state index contributed by atoms with van der Waals surface area (Å²) in [5.74, 6) is 0. The van der Waals surface area contributed by atoms with Gasteiger partial charge in [-0.25, -0.2) is 0 Å². The number of nitrogens with zero attached hydrogens (tertiary/aromatic N) is 1. The molecule has 0 aromatic heterocycles. The number of rotatable bonds is 4. The zero-order valence-electron chi connectivity index (χ0n) is 11.2. The number of halogens is 3. The SMILES string of the molecule is NC(CCN1CC=C(C(F)(F)F)CC1)c1ccccc1. The molecule has 0 saturated heterocycles. The first-order valence-electron chi connectivity index (χ1n) is 6.76. The molecule has 1 atom stereocenters. The monoisotopic (exact) mass is 284 g/mol. The Morgan fingerprint density at radius 3 is 2.45 bits per heavy atom. The third-order valence-corrected chi connectivity index (χ3v) is 3.64. The maximum Gasteiger partial charge on any atom is 0.412 e. The van der Waals surface area contributed by atoms with Crippen molar-refractivity contribution in [2.45, 2.75) is 25.1 Å². The van der Waals surface area contributed by atoms with Gasteiger partial charge in [0.05, 0.1) is 0 Å². The number of nitrogens with two attached hydrogens (primary N) is 1. The molecule has 0 bridgehead atoms. The topological polar surface area (TPSA) is 29.3 Å². The van der Waals surface area contributed by atoms with Gasteiger partial charge in [0, 0.05) is 31.2 Å². The minimum Gasteiger partial charge on any atom is -0.324 e. The van der Waals surface area contributed by atoms with Crippen LogP contribution < -0.4 is 5.73 Å². The van der Waals surface area contributed by atoms with Gasteiger partial charge in [0.25, 0.3) is 0 Å². The van der Waals surface area contributed by atoms with Crippen molar-refractivity contribution in [1.82, 2.24) is 4.90 Å². The molecule has 5 heteroatoms. The largest absolute Gasteiger partial charge is 0.412 e. The van der Waals surface area contributed by atoms with Crippen molar-refractivity contribution in [1.29, 1.82) is 0 Å². The quantitative estimate of drug-likeness (QED) is 0.860. The molecule has 1 heterocycles. The van der Waals surface area contributed by atoms with E-state index in [4.69, 9.17) is 5.73 Å². The van der Waals surface area contributed by atoms with Gasteiger partial charge in [0.15, 0.2) is 0 Å². The fraction of sp³-hybridized carbons (Fsp3) is 0.467. The van der Waals surface area contributed by atoms with Crippen LogP contribution >= 0.6 is 0 Å². The Bertz CT molecular complexity index is 454. The van der Waals surface area contributed by atoms with Crippen molar-refractivity contribution < 1.29 is 13.2 Å². The van der Waals surface area contributed by atoms with E-state index in [9.17, 15) is 13.2 Å². The molecular formula is C15H19F3N2. The normalized spacial score (nSPS) is 18.7. The van der Waals surface area contributed by atoms with E-state index in [2.05, 4.69) is 0 Å². The van der Waals surface area contributed by atoms with E-state index < -0.39 is 11.7 Å². The van der Waals surface area contributed by atoms with E-state index in [-0.39, 0.29) is 12.5 Å². The molecule has 0 aliphatic carbocycles. The highest BCUT2D eigenvalue weighted by atomic mass is 19.4. The fourth-order valence-electron chi connectivity index (χ4n) is 2.36. The molecule has 0 radical (unpaired) electrons. The summed E-state index contributed by atoms with van der Waals surface area (Å²) in [6, 6.07) is 9.70. The summed E-state index contributed by atoms with van der Waals surface area (Å²) in [6.45, 7) is 1.53. The zero-order chi connectivity index (χ0) is 14.6. The van der Waals surface area contributed by atoms with Gasteiger partial charge in [-0.15, -0.1) is 0 Å². The number of alkyl halides is 3. The molecule has 1 aliphatic heterocycles. The first kappa shape index (κ1) is 15.1. The van der Waals surface area contributed by atoms with Crippen molar-refractivity contribution in [3.8, 4) is 0 Å². The van der Waals surface area contributed by atoms with Gasteiger partial charge in [-0.1, -0.05) is 36.4 Å². The van der Waals surface area contributed by atoms with Crippen LogP contribution in [0.4, 0.5) is 13.2 Å². The molecule has 0 fully saturated rings. The van der Waals surface area contributed by atoms with Crippen LogP contribution in [0.2, 0.25) is 0 Å². The summed E-state index contributed by atoms with van der Waals surface area (Å²) >= 11 is 0. The predicted molar refractivity (Wildman–Crippen MR) is 73.2 cm³/mol. The summed E-state index contributed by atoms with van der Waals surface area (Å²) < 4.78 is 37.5. The molecule has 1 aromatic carbocycles. The van der Waals surface area contributed by atoms with Crippen LogP contribution in [0.1, 0.15) is 24.4 Å². The van der Waals surface area contributed by atoms with Gasteiger partial charge in [0.2, 0.25) is 0 Å². The van der Waals surface area contributed by atoms with Crippen molar-refractivity contribution >= 4 is 0 Å². The minimum absolute atomic E-state index is 0.0656. The Labute approximate surface area is 117 Å². The summed E-state index contributed by atoms with van der Waals surface area (Å²) in [7, 11) is 0. The third kappa shape index (κ3) is 4.08. The molecule has 2 rings (SSSR count). The lowest BCUT2D eigenvalue weighted by atomic mass is 10.0. The van der Waals surface area contributed by atoms with Gasteiger partial charge in [0.1, 0.15) is 0 Å². The Balaban J connectivity index is 1.81. The van der Waals surface area contributed by atoms with Gasteiger partial charge in [-0.3, -0.25) is 4.90 Å². The molecule has 2 nitrogen and oxygen atoms in total. The molecule has 2 N–H and O–H groups in total. The molecule has 1 unspecified atom stereocenters. The maximum absolute atomic E-state index is 12.5. The van der Waals surface area contributed by atoms with E-state index in [0.717, 1.165) is 18.5 Å². The first-order chi connectivity index (χ1) is 9.47. The lowest BCUT2D eigenvalue weighted by Gasteiger charge is -2.28. The smallest absolute Gasteiger partial charge is 0.324 e. The first-order valence-corrected chi connectivity index (χ1v) is 6.76. The molecule has 0 amide bonds. The second-order valence-corrected chi connectivity index (χ2v) is 5.08. The molecule has 1 aliphatic rings. The minimum atomic E-state index is -4.17. The van der Waals surface area contributed by atoms with Gasteiger partial charge < -0.3 is 5.73 Å². The average molecular weight is 284 g/mol. The second-order valence-electron chi connectivity index (χ2n) is 5.08. The van der Waals surface area contributed by atoms with Crippen molar-refractivity contribution in [3.63, 3.8) is 0 Å². The van der Waals surface area contributed by atoms with E-state index in [1.165, 1.54) is 6.08 Å². The van der Waals surface area contributed by atoms with Crippen LogP contribution in [-0.2, 0) is 0 Å². The zero-order valence-corrected chi connectivity index (χ0v) is 11.2. The molecule has 0 spiro atoms. The van der Waals surface area contributed by atoms with Gasteiger partial charge in [-0.2, -0.15) is 13.2 Å². The Hall–Kier alpha value is -1.33. The fourth-order valence-corrected chi connectivity index (χ4v) is 2.36. The van der Waals surface area contributed by atoms with Crippen LogP contribution in [0.25, 0.3) is 0 Å². The van der Waals surface area contributed by atoms with Gasteiger partial charge in [-0.05, 0) is 18.4 Å². The highest BCUT2D eigenvalue weighted by Gasteiger charge is 2.34. The lowest BCUT2D eigenvalue weighted by molar-refractivity contribution is -0.0960. The highest BCUT2D eigenvalue weighted by molar-refractivity contribution is 5.18. The third-order valence-electron chi connectivity index (χ3n) is 3.64. The molecule has 20 heavy (non-hydrogen) atoms. The second kappa shape index (κ2) is 6.41. The summed E-state index contributed by atoms with van der Waals surface area (Å²) in [6.07, 6.45) is -2.06. The van der Waals surface area contributed by atoms with Crippen LogP contribution in [0, 0.1) is 0 Å². The number of hydrogen-bond donors (Lipinski definition) is 1. The summed E-state index contributed by atoms with van der Waals surface area (Å²) in [4.78, 5) is 2.01. The molecular weight excluding hydrogens is 265 g/mol. The van der Waals surface area contributed by atoms with Crippen LogP contribution in [-0.4, -0.2) is 30.7 Å². The van der Waals surface area contributed by atoms with Crippen molar-refractivity contribution in [3.05, 3.63) is 47.5 Å². The lowest BCUT2D eigenvalue weighted by Crippen LogP contribution is -2.33. The molecule has 1 aromatic rings. The van der Waals surface area contributed by atoms with Crippen LogP contribution in [0.15, 0.2) is 42.0 Å². The number of hydrogen-bond acceptors (Lipinski definition) is 2. The van der Waals surface area contributed by atoms with Crippen LogP contribution in [0.5, 0.6) is 0 Å². The standard InChI is InChI=1S/C15H19F3N2/c16-15(17,18)13-6-9-20(10-7-13)11-8-14(19)12-4-2-1-3-5-12/h1-6,14H,7-11,19H2. The van der Waals surface area contributed by atoms with Crippen molar-refractivity contribution in [2.24, 2.45) is 5.73 Å². The number of benzene rings is 1. The van der Waals surface area contributed by atoms with E-state index in [0.29, 0.717) is 13.1 Å². The maximum atomic E-state index is 12.5. The average Bonchev–Trinajstić information content (AvgIpc) is 2.45. The van der Waals surface area contributed by atoms with E-state index >= 15 is 0 Å². The van der Waals surface area contributed by atoms with Crippen molar-refractivity contribution in [2.75, 3.05) is 19.6 Å². The van der Waals surface area contributed by atoms with E-state index in [1.54, 1.807) is 0 Å². The molecule has 110 valence electrons. The highest BCUT2D eigenvalue weighted by Crippen LogP contribution is 2.30. The van der Waals surface area contributed by atoms with Gasteiger partial charge >= 0.3 is 6.18 Å².